The van der Waals surface area contributed by atoms with Crippen LogP contribution in [0, 0.1) is 0 Å². The number of carboxylic acids is 1. The molecule has 0 aliphatic heterocycles. The van der Waals surface area contributed by atoms with Gasteiger partial charge in [0, 0.05) is 30.8 Å². The number of likely N-dealkylation sites (N-methyl/N-ethyl adjacent to an activating group) is 1. The van der Waals surface area contributed by atoms with E-state index in [-0.39, 0.29) is 18.2 Å². The maximum absolute atomic E-state index is 12.2. The molecule has 0 aliphatic carbocycles. The van der Waals surface area contributed by atoms with Gasteiger partial charge in [-0.1, -0.05) is 6.92 Å². The fourth-order valence-corrected chi connectivity index (χ4v) is 3.20. The van der Waals surface area contributed by atoms with Gasteiger partial charge in [0.05, 0.1) is 0 Å². The van der Waals surface area contributed by atoms with E-state index in [4.69, 9.17) is 10.8 Å². The Morgan fingerprint density at radius 1 is 0.970 bits per heavy atom. The van der Waals surface area contributed by atoms with Gasteiger partial charge in [0.1, 0.15) is 12.1 Å². The summed E-state index contributed by atoms with van der Waals surface area (Å²) in [6.45, 7) is 3.40. The number of hydrogen-bond acceptors (Lipinski definition) is 6. The van der Waals surface area contributed by atoms with Crippen LogP contribution in [0.25, 0.3) is 0 Å². The Kier molecular flexibility index (Phi) is 13.2. The van der Waals surface area contributed by atoms with E-state index in [0.29, 0.717) is 44.2 Å². The molecule has 1 aromatic rings. The van der Waals surface area contributed by atoms with Crippen molar-refractivity contribution in [1.82, 2.24) is 16.0 Å². The van der Waals surface area contributed by atoms with Crippen molar-refractivity contribution < 1.29 is 24.3 Å². The van der Waals surface area contributed by atoms with Crippen LogP contribution in [0.2, 0.25) is 0 Å². The van der Waals surface area contributed by atoms with Crippen molar-refractivity contribution in [2.45, 2.75) is 64.0 Å². The zero-order chi connectivity index (χ0) is 24.6. The number of nitrogens with two attached hydrogens (primary N) is 1. The molecule has 33 heavy (non-hydrogen) atoms. The van der Waals surface area contributed by atoms with Crippen molar-refractivity contribution >= 4 is 29.4 Å². The summed E-state index contributed by atoms with van der Waals surface area (Å²) >= 11 is 0. The second-order valence-electron chi connectivity index (χ2n) is 7.85. The van der Waals surface area contributed by atoms with Gasteiger partial charge in [-0.25, -0.2) is 0 Å². The molecule has 3 amide bonds. The van der Waals surface area contributed by atoms with Gasteiger partial charge in [0.2, 0.25) is 11.8 Å². The molecule has 0 aliphatic rings. The van der Waals surface area contributed by atoms with Crippen molar-refractivity contribution in [3.8, 4) is 0 Å². The van der Waals surface area contributed by atoms with Crippen molar-refractivity contribution in [2.24, 2.45) is 5.73 Å². The molecule has 0 spiro atoms. The van der Waals surface area contributed by atoms with Gasteiger partial charge < -0.3 is 32.1 Å². The zero-order valence-electron chi connectivity index (χ0n) is 19.5. The molecular weight excluding hydrogens is 426 g/mol. The Morgan fingerprint density at radius 3 is 2.21 bits per heavy atom. The summed E-state index contributed by atoms with van der Waals surface area (Å²) in [6.07, 6.45) is 3.39. The van der Waals surface area contributed by atoms with Gasteiger partial charge in [-0.3, -0.25) is 19.2 Å². The van der Waals surface area contributed by atoms with Crippen LogP contribution in [-0.4, -0.2) is 61.0 Å². The quantitative estimate of drug-likeness (QED) is 0.189. The SMILES string of the molecule is CCCNc1ccc(C(=O)NCCCCC(NC(=O)CCCC(NC)C(=O)O)C(N)=O)cc1. The molecule has 0 radical (unpaired) electrons. The Morgan fingerprint density at radius 2 is 1.64 bits per heavy atom. The highest BCUT2D eigenvalue weighted by molar-refractivity contribution is 5.94. The Bertz CT molecular complexity index is 769. The standard InChI is InChI=1S/C23H37N5O5/c1-3-14-26-17-12-10-16(11-13-17)22(31)27-15-5-4-7-18(21(24)30)28-20(29)9-6-8-19(25-2)23(32)33/h10-13,18-19,25-26H,3-9,14-15H2,1-2H3,(H2,24,30)(H,27,31)(H,28,29)(H,32,33). The number of nitrogens with one attached hydrogen (secondary N) is 4. The average Bonchev–Trinajstić information content (AvgIpc) is 2.79. The van der Waals surface area contributed by atoms with Crippen molar-refractivity contribution in [3.63, 3.8) is 0 Å². The summed E-state index contributed by atoms with van der Waals surface area (Å²) in [4.78, 5) is 46.9. The number of rotatable bonds is 17. The van der Waals surface area contributed by atoms with Gasteiger partial charge in [0.25, 0.3) is 5.91 Å². The normalized spacial score (nSPS) is 12.4. The van der Waals surface area contributed by atoms with E-state index in [2.05, 4.69) is 28.2 Å². The molecule has 0 fully saturated rings. The number of carbonyl (C=O) groups excluding carboxylic acids is 3. The minimum Gasteiger partial charge on any atom is -0.480 e. The summed E-state index contributed by atoms with van der Waals surface area (Å²) in [5.41, 5.74) is 6.93. The van der Waals surface area contributed by atoms with E-state index < -0.39 is 24.0 Å². The molecule has 2 atom stereocenters. The fourth-order valence-electron chi connectivity index (χ4n) is 3.20. The maximum atomic E-state index is 12.2. The van der Waals surface area contributed by atoms with Crippen LogP contribution in [0.3, 0.4) is 0 Å². The van der Waals surface area contributed by atoms with E-state index in [1.807, 2.05) is 12.1 Å². The first kappa shape index (κ1) is 27.9. The van der Waals surface area contributed by atoms with Gasteiger partial charge in [-0.05, 0) is 69.8 Å². The smallest absolute Gasteiger partial charge is 0.320 e. The lowest BCUT2D eigenvalue weighted by Gasteiger charge is -2.16. The third-order valence-electron chi connectivity index (χ3n) is 5.15. The van der Waals surface area contributed by atoms with Gasteiger partial charge in [-0.15, -0.1) is 0 Å². The predicted octanol–water partition coefficient (Wildman–Crippen LogP) is 1.22. The molecule has 0 aromatic heterocycles. The molecule has 1 aromatic carbocycles. The third kappa shape index (κ3) is 11.3. The molecule has 184 valence electrons. The third-order valence-corrected chi connectivity index (χ3v) is 5.15. The molecule has 0 bridgehead atoms. The van der Waals surface area contributed by atoms with E-state index in [9.17, 15) is 19.2 Å². The molecule has 7 N–H and O–H groups in total. The molecule has 10 heteroatoms. The highest BCUT2D eigenvalue weighted by Crippen LogP contribution is 2.10. The van der Waals surface area contributed by atoms with Crippen molar-refractivity contribution in [2.75, 3.05) is 25.5 Å². The number of benzene rings is 1. The highest BCUT2D eigenvalue weighted by Gasteiger charge is 2.19. The fraction of sp³-hybridized carbons (Fsp3) is 0.565. The monoisotopic (exact) mass is 463 g/mol. The summed E-state index contributed by atoms with van der Waals surface area (Å²) < 4.78 is 0. The molecule has 1 rings (SSSR count). The number of carboxylic acid groups (broad SMARTS) is 1. The number of anilines is 1. The lowest BCUT2D eigenvalue weighted by Crippen LogP contribution is -2.44. The number of amides is 3. The number of primary amides is 1. The number of unbranched alkanes of at least 4 members (excludes halogenated alkanes) is 1. The summed E-state index contributed by atoms with van der Waals surface area (Å²) in [5, 5.41) is 20.3. The zero-order valence-corrected chi connectivity index (χ0v) is 19.5. The van der Waals surface area contributed by atoms with Crippen LogP contribution in [0.1, 0.15) is 62.2 Å². The Hall–Kier alpha value is -3.14. The van der Waals surface area contributed by atoms with Crippen LogP contribution >= 0.6 is 0 Å². The van der Waals surface area contributed by atoms with Crippen molar-refractivity contribution in [3.05, 3.63) is 29.8 Å². The number of aliphatic carboxylic acids is 1. The van der Waals surface area contributed by atoms with Gasteiger partial charge >= 0.3 is 5.97 Å². The Labute approximate surface area is 195 Å². The number of carbonyl (C=O) groups is 4. The first-order chi connectivity index (χ1) is 15.8. The summed E-state index contributed by atoms with van der Waals surface area (Å²) in [6, 6.07) is 5.76. The summed E-state index contributed by atoms with van der Waals surface area (Å²) in [5.74, 6) is -2.11. The first-order valence-electron chi connectivity index (χ1n) is 11.4. The molecule has 10 nitrogen and oxygen atoms in total. The lowest BCUT2D eigenvalue weighted by molar-refractivity contribution is -0.139. The first-order valence-corrected chi connectivity index (χ1v) is 11.4. The molecule has 2 unspecified atom stereocenters. The lowest BCUT2D eigenvalue weighted by atomic mass is 10.1. The molecule has 0 saturated heterocycles. The molecule has 0 saturated carbocycles. The van der Waals surface area contributed by atoms with E-state index >= 15 is 0 Å². The Balaban J connectivity index is 2.30. The average molecular weight is 464 g/mol. The van der Waals surface area contributed by atoms with Crippen LogP contribution in [-0.2, 0) is 14.4 Å². The number of hydrogen-bond donors (Lipinski definition) is 6. The topological polar surface area (TPSA) is 163 Å². The predicted molar refractivity (Wildman–Crippen MR) is 127 cm³/mol. The second kappa shape index (κ2) is 15.6. The minimum atomic E-state index is -0.971. The van der Waals surface area contributed by atoms with E-state index in [1.54, 1.807) is 19.2 Å². The van der Waals surface area contributed by atoms with Crippen LogP contribution in [0.15, 0.2) is 24.3 Å². The minimum absolute atomic E-state index is 0.109. The highest BCUT2D eigenvalue weighted by atomic mass is 16.4. The van der Waals surface area contributed by atoms with Crippen LogP contribution in [0.4, 0.5) is 5.69 Å². The van der Waals surface area contributed by atoms with E-state index in [1.165, 1.54) is 0 Å². The van der Waals surface area contributed by atoms with Gasteiger partial charge in [0.15, 0.2) is 0 Å². The second-order valence-corrected chi connectivity index (χ2v) is 7.85. The van der Waals surface area contributed by atoms with Crippen molar-refractivity contribution in [1.29, 1.82) is 0 Å². The van der Waals surface area contributed by atoms with Crippen LogP contribution in [0.5, 0.6) is 0 Å². The molecule has 0 heterocycles. The molecular formula is C23H37N5O5. The van der Waals surface area contributed by atoms with Crippen LogP contribution < -0.4 is 27.0 Å². The largest absolute Gasteiger partial charge is 0.480 e. The van der Waals surface area contributed by atoms with Gasteiger partial charge in [-0.2, -0.15) is 0 Å². The van der Waals surface area contributed by atoms with E-state index in [0.717, 1.165) is 18.7 Å². The summed E-state index contributed by atoms with van der Waals surface area (Å²) in [7, 11) is 1.55. The maximum Gasteiger partial charge on any atom is 0.320 e.